The Balaban J connectivity index is 2.23. The molecule has 0 aliphatic heterocycles. The van der Waals surface area contributed by atoms with Crippen molar-refractivity contribution in [1.82, 2.24) is 5.32 Å². The SMILES string of the molecule is CCOC(C1CCCCC1)C(NC)c1ccc(C)c(C)c1. The number of likely N-dealkylation sites (N-methyl/N-ethyl adjacent to an activating group) is 1. The zero-order valence-corrected chi connectivity index (χ0v) is 14.1. The second kappa shape index (κ2) is 7.95. The molecule has 0 bridgehead atoms. The van der Waals surface area contributed by atoms with Crippen molar-refractivity contribution in [2.45, 2.75) is 65.0 Å². The smallest absolute Gasteiger partial charge is 0.0797 e. The molecule has 0 saturated heterocycles. The van der Waals surface area contributed by atoms with Gasteiger partial charge in [-0.25, -0.2) is 0 Å². The van der Waals surface area contributed by atoms with Gasteiger partial charge in [0.1, 0.15) is 0 Å². The molecule has 1 aromatic rings. The molecule has 1 aliphatic rings. The molecule has 2 nitrogen and oxygen atoms in total. The first-order chi connectivity index (χ1) is 10.2. The third-order valence-electron chi connectivity index (χ3n) is 5.00. The van der Waals surface area contributed by atoms with Crippen LogP contribution in [0.3, 0.4) is 0 Å². The Kier molecular flexibility index (Phi) is 6.25. The van der Waals surface area contributed by atoms with Crippen molar-refractivity contribution in [3.05, 3.63) is 34.9 Å². The Morgan fingerprint density at radius 1 is 1.14 bits per heavy atom. The summed E-state index contributed by atoms with van der Waals surface area (Å²) in [4.78, 5) is 0. The minimum atomic E-state index is 0.294. The first-order valence-corrected chi connectivity index (χ1v) is 8.53. The monoisotopic (exact) mass is 289 g/mol. The lowest BCUT2D eigenvalue weighted by molar-refractivity contribution is -0.0167. The summed E-state index contributed by atoms with van der Waals surface area (Å²) in [5.74, 6) is 0.692. The van der Waals surface area contributed by atoms with Gasteiger partial charge in [-0.15, -0.1) is 0 Å². The number of ether oxygens (including phenoxy) is 1. The number of nitrogens with one attached hydrogen (secondary N) is 1. The molecule has 0 radical (unpaired) electrons. The lowest BCUT2D eigenvalue weighted by atomic mass is 9.80. The second-order valence-electron chi connectivity index (χ2n) is 6.43. The standard InChI is InChI=1S/C19H31NO/c1-5-21-19(16-9-7-6-8-10-16)18(20-4)17-12-11-14(2)15(3)13-17/h11-13,16,18-20H,5-10H2,1-4H3. The van der Waals surface area contributed by atoms with E-state index in [1.54, 1.807) is 0 Å². The van der Waals surface area contributed by atoms with Gasteiger partial charge in [-0.1, -0.05) is 37.5 Å². The quantitative estimate of drug-likeness (QED) is 0.829. The summed E-state index contributed by atoms with van der Waals surface area (Å²) in [6.07, 6.45) is 7.03. The van der Waals surface area contributed by atoms with Crippen molar-refractivity contribution in [2.75, 3.05) is 13.7 Å². The largest absolute Gasteiger partial charge is 0.376 e. The first kappa shape index (κ1) is 16.5. The molecular weight excluding hydrogens is 258 g/mol. The Morgan fingerprint density at radius 3 is 2.43 bits per heavy atom. The predicted octanol–water partition coefficient (Wildman–Crippen LogP) is 4.55. The summed E-state index contributed by atoms with van der Waals surface area (Å²) in [6, 6.07) is 7.12. The van der Waals surface area contributed by atoms with Gasteiger partial charge in [0.05, 0.1) is 12.1 Å². The van der Waals surface area contributed by atoms with Crippen LogP contribution in [0.15, 0.2) is 18.2 Å². The molecule has 1 N–H and O–H groups in total. The average Bonchev–Trinajstić information content (AvgIpc) is 2.51. The normalized spacial score (nSPS) is 19.4. The minimum absolute atomic E-state index is 0.294. The van der Waals surface area contributed by atoms with Crippen molar-refractivity contribution < 1.29 is 4.74 Å². The predicted molar refractivity (Wildman–Crippen MR) is 89.7 cm³/mol. The van der Waals surface area contributed by atoms with Crippen LogP contribution < -0.4 is 5.32 Å². The molecule has 2 atom stereocenters. The van der Waals surface area contributed by atoms with Crippen LogP contribution in [0.4, 0.5) is 0 Å². The van der Waals surface area contributed by atoms with Crippen LogP contribution in [0.2, 0.25) is 0 Å². The van der Waals surface area contributed by atoms with E-state index in [-0.39, 0.29) is 0 Å². The molecule has 1 saturated carbocycles. The van der Waals surface area contributed by atoms with Crippen LogP contribution in [0, 0.1) is 19.8 Å². The van der Waals surface area contributed by atoms with Gasteiger partial charge in [-0.05, 0) is 63.3 Å². The molecule has 118 valence electrons. The summed E-state index contributed by atoms with van der Waals surface area (Å²) >= 11 is 0. The van der Waals surface area contributed by atoms with Crippen molar-refractivity contribution >= 4 is 0 Å². The molecule has 0 aromatic heterocycles. The maximum absolute atomic E-state index is 6.20. The number of benzene rings is 1. The highest BCUT2D eigenvalue weighted by Crippen LogP contribution is 2.34. The Bertz CT molecular complexity index is 437. The fraction of sp³-hybridized carbons (Fsp3) is 0.684. The first-order valence-electron chi connectivity index (χ1n) is 8.53. The summed E-state index contributed by atoms with van der Waals surface area (Å²) in [7, 11) is 2.06. The number of hydrogen-bond donors (Lipinski definition) is 1. The van der Waals surface area contributed by atoms with Crippen molar-refractivity contribution in [3.8, 4) is 0 Å². The average molecular weight is 289 g/mol. The van der Waals surface area contributed by atoms with E-state index in [2.05, 4.69) is 51.3 Å². The zero-order chi connectivity index (χ0) is 15.2. The third-order valence-corrected chi connectivity index (χ3v) is 5.00. The number of aryl methyl sites for hydroxylation is 2. The molecule has 0 amide bonds. The molecular formula is C19H31NO. The fourth-order valence-corrected chi connectivity index (χ4v) is 3.64. The van der Waals surface area contributed by atoms with Gasteiger partial charge < -0.3 is 10.1 Å². The summed E-state index contributed by atoms with van der Waals surface area (Å²) in [6.45, 7) is 7.28. The molecule has 2 rings (SSSR count). The van der Waals surface area contributed by atoms with Crippen molar-refractivity contribution in [2.24, 2.45) is 5.92 Å². The summed E-state index contributed by atoms with van der Waals surface area (Å²) < 4.78 is 6.20. The van der Waals surface area contributed by atoms with E-state index in [9.17, 15) is 0 Å². The number of rotatable bonds is 6. The second-order valence-corrected chi connectivity index (χ2v) is 6.43. The van der Waals surface area contributed by atoms with Crippen LogP contribution in [-0.4, -0.2) is 19.8 Å². The van der Waals surface area contributed by atoms with E-state index >= 15 is 0 Å². The van der Waals surface area contributed by atoms with Gasteiger partial charge >= 0.3 is 0 Å². The van der Waals surface area contributed by atoms with E-state index in [4.69, 9.17) is 4.74 Å². The van der Waals surface area contributed by atoms with Crippen molar-refractivity contribution in [3.63, 3.8) is 0 Å². The van der Waals surface area contributed by atoms with E-state index in [1.807, 2.05) is 0 Å². The lowest BCUT2D eigenvalue weighted by Gasteiger charge is -2.36. The Morgan fingerprint density at radius 2 is 1.86 bits per heavy atom. The van der Waals surface area contributed by atoms with Gasteiger partial charge in [0.15, 0.2) is 0 Å². The lowest BCUT2D eigenvalue weighted by Crippen LogP contribution is -2.38. The maximum atomic E-state index is 6.20. The fourth-order valence-electron chi connectivity index (χ4n) is 3.64. The summed E-state index contributed by atoms with van der Waals surface area (Å²) in [5.41, 5.74) is 4.09. The van der Waals surface area contributed by atoms with Gasteiger partial charge in [0.2, 0.25) is 0 Å². The molecule has 0 heterocycles. The van der Waals surface area contributed by atoms with Crippen LogP contribution in [0.1, 0.15) is 61.8 Å². The maximum Gasteiger partial charge on any atom is 0.0797 e. The van der Waals surface area contributed by atoms with Crippen LogP contribution in [0.5, 0.6) is 0 Å². The van der Waals surface area contributed by atoms with Crippen LogP contribution >= 0.6 is 0 Å². The molecule has 1 aliphatic carbocycles. The summed E-state index contributed by atoms with van der Waals surface area (Å²) in [5, 5.41) is 3.52. The molecule has 1 aromatic carbocycles. The highest BCUT2D eigenvalue weighted by molar-refractivity contribution is 5.32. The van der Waals surface area contributed by atoms with E-state index in [1.165, 1.54) is 48.8 Å². The topological polar surface area (TPSA) is 21.3 Å². The molecule has 21 heavy (non-hydrogen) atoms. The van der Waals surface area contributed by atoms with Crippen LogP contribution in [-0.2, 0) is 4.74 Å². The highest BCUT2D eigenvalue weighted by Gasteiger charge is 2.31. The Hall–Kier alpha value is -0.860. The third kappa shape index (κ3) is 4.08. The molecule has 1 fully saturated rings. The van der Waals surface area contributed by atoms with E-state index < -0.39 is 0 Å². The highest BCUT2D eigenvalue weighted by atomic mass is 16.5. The van der Waals surface area contributed by atoms with E-state index in [0.717, 1.165) is 6.61 Å². The molecule has 2 heteroatoms. The zero-order valence-electron chi connectivity index (χ0n) is 14.1. The van der Waals surface area contributed by atoms with E-state index in [0.29, 0.717) is 18.1 Å². The Labute approximate surface area is 130 Å². The van der Waals surface area contributed by atoms with Gasteiger partial charge in [-0.3, -0.25) is 0 Å². The van der Waals surface area contributed by atoms with Crippen LogP contribution in [0.25, 0.3) is 0 Å². The van der Waals surface area contributed by atoms with Gasteiger partial charge in [0.25, 0.3) is 0 Å². The van der Waals surface area contributed by atoms with Gasteiger partial charge in [-0.2, -0.15) is 0 Å². The molecule has 2 unspecified atom stereocenters. The number of hydrogen-bond acceptors (Lipinski definition) is 2. The van der Waals surface area contributed by atoms with Crippen molar-refractivity contribution in [1.29, 1.82) is 0 Å². The molecule has 0 spiro atoms. The van der Waals surface area contributed by atoms with Gasteiger partial charge in [0, 0.05) is 6.61 Å². The minimum Gasteiger partial charge on any atom is -0.376 e.